The Bertz CT molecular complexity index is 207. The molecule has 1 aliphatic heterocycles. The average Bonchev–Trinajstić information content (AvgIpc) is 2.28. The fourth-order valence-electron chi connectivity index (χ4n) is 2.34. The summed E-state index contributed by atoms with van der Waals surface area (Å²) < 4.78 is 5.21. The van der Waals surface area contributed by atoms with E-state index in [1.165, 1.54) is 26.2 Å². The Balaban J connectivity index is 2.31. The molecule has 4 heteroatoms. The molecule has 1 atom stereocenters. The van der Waals surface area contributed by atoms with E-state index in [1.807, 2.05) is 7.05 Å². The molecule has 0 aromatic rings. The number of nitrogens with zero attached hydrogens (tertiary/aromatic N) is 2. The van der Waals surface area contributed by atoms with E-state index in [4.69, 9.17) is 4.74 Å². The summed E-state index contributed by atoms with van der Waals surface area (Å²) in [4.78, 5) is 5.09. The van der Waals surface area contributed by atoms with Crippen LogP contribution >= 0.6 is 0 Å². The molecule has 0 amide bonds. The normalized spacial score (nSPS) is 21.7. The number of hydrogen-bond acceptors (Lipinski definition) is 4. The van der Waals surface area contributed by atoms with Gasteiger partial charge in [-0.2, -0.15) is 0 Å². The van der Waals surface area contributed by atoms with E-state index in [1.54, 1.807) is 7.11 Å². The average molecular weight is 243 g/mol. The van der Waals surface area contributed by atoms with Crippen molar-refractivity contribution in [1.82, 2.24) is 15.1 Å². The summed E-state index contributed by atoms with van der Waals surface area (Å²) in [5.74, 6) is 0. The molecule has 1 unspecified atom stereocenters. The quantitative estimate of drug-likeness (QED) is 0.767. The van der Waals surface area contributed by atoms with E-state index in [0.717, 1.165) is 13.2 Å². The molecule has 1 rings (SSSR count). The molecule has 1 N–H and O–H groups in total. The molecule has 1 heterocycles. The van der Waals surface area contributed by atoms with Crippen LogP contribution in [0.2, 0.25) is 0 Å². The molecule has 0 spiro atoms. The van der Waals surface area contributed by atoms with Crippen LogP contribution in [-0.4, -0.2) is 74.9 Å². The molecule has 1 saturated heterocycles. The summed E-state index contributed by atoms with van der Waals surface area (Å²) in [5.41, 5.74) is 0.307. The van der Waals surface area contributed by atoms with Gasteiger partial charge < -0.3 is 10.1 Å². The van der Waals surface area contributed by atoms with Crippen molar-refractivity contribution in [1.29, 1.82) is 0 Å². The Morgan fingerprint density at radius 1 is 1.18 bits per heavy atom. The molecule has 0 radical (unpaired) electrons. The van der Waals surface area contributed by atoms with Crippen LogP contribution in [-0.2, 0) is 4.74 Å². The Morgan fingerprint density at radius 3 is 2.18 bits per heavy atom. The fourth-order valence-corrected chi connectivity index (χ4v) is 2.34. The number of likely N-dealkylation sites (N-methyl/N-ethyl adjacent to an activating group) is 1. The van der Waals surface area contributed by atoms with Crippen LogP contribution in [0.15, 0.2) is 0 Å². The summed E-state index contributed by atoms with van der Waals surface area (Å²) in [6, 6.07) is 0.446. The molecule has 0 saturated carbocycles. The fraction of sp³-hybridized carbons (Fsp3) is 1.00. The van der Waals surface area contributed by atoms with E-state index < -0.39 is 0 Å². The third-order valence-corrected chi connectivity index (χ3v) is 3.58. The summed E-state index contributed by atoms with van der Waals surface area (Å²) >= 11 is 0. The van der Waals surface area contributed by atoms with Crippen molar-refractivity contribution >= 4 is 0 Å². The van der Waals surface area contributed by atoms with E-state index >= 15 is 0 Å². The summed E-state index contributed by atoms with van der Waals surface area (Å²) in [7, 11) is 3.77. The summed E-state index contributed by atoms with van der Waals surface area (Å²) in [6.45, 7) is 13.4. The van der Waals surface area contributed by atoms with Crippen LogP contribution in [0.3, 0.4) is 0 Å². The van der Waals surface area contributed by atoms with Crippen molar-refractivity contribution in [3.63, 3.8) is 0 Å². The Morgan fingerprint density at radius 2 is 1.76 bits per heavy atom. The molecule has 17 heavy (non-hydrogen) atoms. The molecule has 0 bridgehead atoms. The van der Waals surface area contributed by atoms with Gasteiger partial charge in [0, 0.05) is 51.4 Å². The van der Waals surface area contributed by atoms with Gasteiger partial charge in [-0.1, -0.05) is 0 Å². The molecule has 1 aliphatic rings. The van der Waals surface area contributed by atoms with Crippen molar-refractivity contribution in [3.05, 3.63) is 0 Å². The van der Waals surface area contributed by atoms with Gasteiger partial charge in [0.05, 0.1) is 6.61 Å². The monoisotopic (exact) mass is 243 g/mol. The van der Waals surface area contributed by atoms with Gasteiger partial charge in [0.15, 0.2) is 0 Å². The minimum absolute atomic E-state index is 0.307. The van der Waals surface area contributed by atoms with Gasteiger partial charge in [-0.05, 0) is 27.8 Å². The maximum Gasteiger partial charge on any atom is 0.0628 e. The van der Waals surface area contributed by atoms with Crippen molar-refractivity contribution in [2.75, 3.05) is 53.5 Å². The zero-order valence-electron chi connectivity index (χ0n) is 12.1. The van der Waals surface area contributed by atoms with Gasteiger partial charge in [0.25, 0.3) is 0 Å². The topological polar surface area (TPSA) is 27.7 Å². The maximum absolute atomic E-state index is 5.21. The van der Waals surface area contributed by atoms with Gasteiger partial charge in [-0.15, -0.1) is 0 Å². The highest BCUT2D eigenvalue weighted by atomic mass is 16.5. The van der Waals surface area contributed by atoms with E-state index in [2.05, 4.69) is 35.9 Å². The third kappa shape index (κ3) is 4.92. The van der Waals surface area contributed by atoms with Gasteiger partial charge in [0.2, 0.25) is 0 Å². The molecule has 0 aromatic carbocycles. The first-order valence-corrected chi connectivity index (χ1v) is 6.61. The van der Waals surface area contributed by atoms with Crippen LogP contribution in [0.25, 0.3) is 0 Å². The van der Waals surface area contributed by atoms with E-state index in [0.29, 0.717) is 11.6 Å². The Kier molecular flexibility index (Phi) is 5.86. The van der Waals surface area contributed by atoms with Crippen molar-refractivity contribution in [3.8, 4) is 0 Å². The van der Waals surface area contributed by atoms with Crippen molar-refractivity contribution in [2.45, 2.75) is 32.4 Å². The largest absolute Gasteiger partial charge is 0.383 e. The maximum atomic E-state index is 5.21. The SMILES string of the molecule is CNC(COC)CN1CCN(C(C)(C)C)CC1. The van der Waals surface area contributed by atoms with E-state index in [9.17, 15) is 0 Å². The minimum Gasteiger partial charge on any atom is -0.383 e. The van der Waals surface area contributed by atoms with Gasteiger partial charge in [0.1, 0.15) is 0 Å². The molecule has 102 valence electrons. The lowest BCUT2D eigenvalue weighted by molar-refractivity contribution is 0.0516. The number of nitrogens with one attached hydrogen (secondary N) is 1. The first-order valence-electron chi connectivity index (χ1n) is 6.61. The van der Waals surface area contributed by atoms with E-state index in [-0.39, 0.29) is 0 Å². The zero-order chi connectivity index (χ0) is 12.9. The van der Waals surface area contributed by atoms with Gasteiger partial charge in [-0.3, -0.25) is 9.80 Å². The smallest absolute Gasteiger partial charge is 0.0628 e. The van der Waals surface area contributed by atoms with Crippen LogP contribution in [0.4, 0.5) is 0 Å². The molecule has 4 nitrogen and oxygen atoms in total. The van der Waals surface area contributed by atoms with Crippen molar-refractivity contribution < 1.29 is 4.74 Å². The van der Waals surface area contributed by atoms with Crippen LogP contribution < -0.4 is 5.32 Å². The number of piperazine rings is 1. The zero-order valence-corrected chi connectivity index (χ0v) is 12.1. The second-order valence-electron chi connectivity index (χ2n) is 5.90. The predicted molar refractivity (Wildman–Crippen MR) is 72.5 cm³/mol. The first kappa shape index (κ1) is 14.9. The highest BCUT2D eigenvalue weighted by molar-refractivity contribution is 4.83. The number of methoxy groups -OCH3 is 1. The predicted octanol–water partition coefficient (Wildman–Crippen LogP) is 0.637. The second kappa shape index (κ2) is 6.69. The molecule has 0 aliphatic carbocycles. The summed E-state index contributed by atoms with van der Waals surface area (Å²) in [6.07, 6.45) is 0. The number of ether oxygens (including phenoxy) is 1. The number of rotatable bonds is 5. The summed E-state index contributed by atoms with van der Waals surface area (Å²) in [5, 5.41) is 3.31. The Hall–Kier alpha value is -0.160. The van der Waals surface area contributed by atoms with Crippen LogP contribution in [0.5, 0.6) is 0 Å². The standard InChI is InChI=1S/C13H29N3O/c1-13(2,3)16-8-6-15(7-9-16)10-12(14-4)11-17-5/h12,14H,6-11H2,1-5H3. The lowest BCUT2D eigenvalue weighted by atomic mass is 10.0. The van der Waals surface area contributed by atoms with Crippen molar-refractivity contribution in [2.24, 2.45) is 0 Å². The molecular weight excluding hydrogens is 214 g/mol. The second-order valence-corrected chi connectivity index (χ2v) is 5.90. The highest BCUT2D eigenvalue weighted by Gasteiger charge is 2.26. The molecular formula is C13H29N3O. The lowest BCUT2D eigenvalue weighted by Gasteiger charge is -2.43. The lowest BCUT2D eigenvalue weighted by Crippen LogP contribution is -2.55. The minimum atomic E-state index is 0.307. The molecule has 1 fully saturated rings. The third-order valence-electron chi connectivity index (χ3n) is 3.58. The first-order chi connectivity index (χ1) is 7.97. The molecule has 0 aromatic heterocycles. The van der Waals surface area contributed by atoms with Crippen LogP contribution in [0.1, 0.15) is 20.8 Å². The Labute approximate surface area is 106 Å². The highest BCUT2D eigenvalue weighted by Crippen LogP contribution is 2.15. The van der Waals surface area contributed by atoms with Gasteiger partial charge in [-0.25, -0.2) is 0 Å². The van der Waals surface area contributed by atoms with Crippen LogP contribution in [0, 0.1) is 0 Å². The van der Waals surface area contributed by atoms with Gasteiger partial charge >= 0.3 is 0 Å². The number of hydrogen-bond donors (Lipinski definition) is 1.